The molecule has 1 aromatic heterocycles. The number of ether oxygens (including phenoxy) is 3. The number of aliphatic hydroxyl groups excluding tert-OH is 1. The molecule has 9 heteroatoms. The quantitative estimate of drug-likeness (QED) is 0.125. The minimum absolute atomic E-state index is 0.00510. The summed E-state index contributed by atoms with van der Waals surface area (Å²) in [6.07, 6.45) is 1.61. The van der Waals surface area contributed by atoms with Gasteiger partial charge in [0, 0.05) is 12.0 Å². The molecule has 6 rings (SSSR count). The highest BCUT2D eigenvalue weighted by molar-refractivity contribution is 7.22. The Labute approximate surface area is 254 Å². The number of nitrogens with zero attached hydrogens (tertiary/aromatic N) is 2. The van der Waals surface area contributed by atoms with Gasteiger partial charge in [-0.2, -0.15) is 0 Å². The minimum Gasteiger partial charge on any atom is -0.507 e. The highest BCUT2D eigenvalue weighted by atomic mass is 32.1. The Morgan fingerprint density at radius 2 is 1.91 bits per heavy atom. The zero-order valence-electron chi connectivity index (χ0n) is 24.6. The monoisotopic (exact) mass is 598 g/mol. The van der Waals surface area contributed by atoms with Crippen LogP contribution in [0.2, 0.25) is 0 Å². The van der Waals surface area contributed by atoms with Crippen molar-refractivity contribution >= 4 is 44.1 Å². The zero-order chi connectivity index (χ0) is 30.2. The first-order valence-corrected chi connectivity index (χ1v) is 15.4. The van der Waals surface area contributed by atoms with Crippen LogP contribution in [0.5, 0.6) is 17.2 Å². The van der Waals surface area contributed by atoms with Crippen molar-refractivity contribution in [2.45, 2.75) is 52.7 Å². The summed E-state index contributed by atoms with van der Waals surface area (Å²) in [5, 5.41) is 12.0. The lowest BCUT2D eigenvalue weighted by Gasteiger charge is -2.23. The first kappa shape index (κ1) is 28.7. The van der Waals surface area contributed by atoms with Gasteiger partial charge in [0.25, 0.3) is 5.78 Å². The van der Waals surface area contributed by atoms with Crippen LogP contribution < -0.4 is 19.1 Å². The van der Waals surface area contributed by atoms with Crippen LogP contribution in [-0.4, -0.2) is 41.1 Å². The number of aliphatic hydroxyl groups is 1. The number of fused-ring (bicyclic) bond motifs is 2. The molecular formula is C34H34N2O6S. The molecule has 1 fully saturated rings. The maximum Gasteiger partial charge on any atom is 0.301 e. The SMILES string of the molecule is CCOc1ccc2nc(N3C(=O)C(=O)C(=C(O)c4ccc5c(c4)C[C@H](C)O5)[C@@H]3c3cccc(OCCC(C)C)c3)sc2c1. The van der Waals surface area contributed by atoms with Gasteiger partial charge in [0.15, 0.2) is 5.13 Å². The molecule has 0 bridgehead atoms. The second kappa shape index (κ2) is 11.7. The molecule has 0 spiro atoms. The molecule has 1 amide bonds. The minimum atomic E-state index is -0.913. The molecule has 8 nitrogen and oxygen atoms in total. The molecule has 2 aliphatic heterocycles. The third kappa shape index (κ3) is 5.57. The number of amides is 1. The summed E-state index contributed by atoms with van der Waals surface area (Å²) >= 11 is 1.30. The second-order valence-corrected chi connectivity index (χ2v) is 12.3. The molecule has 43 heavy (non-hydrogen) atoms. The van der Waals surface area contributed by atoms with E-state index < -0.39 is 17.7 Å². The van der Waals surface area contributed by atoms with E-state index >= 15 is 0 Å². The number of anilines is 1. The van der Waals surface area contributed by atoms with E-state index in [2.05, 4.69) is 13.8 Å². The number of rotatable bonds is 9. The average Bonchev–Trinajstić information content (AvgIpc) is 3.64. The van der Waals surface area contributed by atoms with Crippen molar-refractivity contribution in [3.8, 4) is 17.2 Å². The molecule has 3 aromatic carbocycles. The van der Waals surface area contributed by atoms with Gasteiger partial charge in [0.1, 0.15) is 29.1 Å². The highest BCUT2D eigenvalue weighted by Gasteiger charge is 2.48. The van der Waals surface area contributed by atoms with Crippen LogP contribution in [0.25, 0.3) is 16.0 Å². The molecular weight excluding hydrogens is 564 g/mol. The van der Waals surface area contributed by atoms with E-state index in [1.165, 1.54) is 16.2 Å². The highest BCUT2D eigenvalue weighted by Crippen LogP contribution is 2.45. The van der Waals surface area contributed by atoms with E-state index in [1.807, 2.05) is 62.4 Å². The van der Waals surface area contributed by atoms with Gasteiger partial charge in [-0.05, 0) is 85.8 Å². The maximum absolute atomic E-state index is 13.8. The van der Waals surface area contributed by atoms with E-state index in [0.29, 0.717) is 58.8 Å². The number of hydrogen-bond acceptors (Lipinski definition) is 8. The predicted molar refractivity (Wildman–Crippen MR) is 167 cm³/mol. The Balaban J connectivity index is 1.47. The molecule has 222 valence electrons. The van der Waals surface area contributed by atoms with Gasteiger partial charge in [0.05, 0.1) is 35.0 Å². The van der Waals surface area contributed by atoms with Crippen molar-refractivity contribution in [3.05, 3.63) is 82.9 Å². The zero-order valence-corrected chi connectivity index (χ0v) is 25.4. The predicted octanol–water partition coefficient (Wildman–Crippen LogP) is 7.07. The Kier molecular flexibility index (Phi) is 7.83. The van der Waals surface area contributed by atoms with Crippen LogP contribution in [0.3, 0.4) is 0 Å². The summed E-state index contributed by atoms with van der Waals surface area (Å²) in [7, 11) is 0. The standard InChI is InChI=1S/C34H34N2O6S/c1-5-40-25-10-11-26-28(18-25)43-34(35-26)36-30(21-7-6-8-24(17-21)41-14-13-19(2)3)29(32(38)33(36)39)31(37)22-9-12-27-23(16-22)15-20(4)42-27/h6-12,16-20,30,37H,5,13-15H2,1-4H3/t20-,30-/m0/s1. The van der Waals surface area contributed by atoms with Crippen molar-refractivity contribution in [1.29, 1.82) is 0 Å². The van der Waals surface area contributed by atoms with E-state index in [4.69, 9.17) is 19.2 Å². The largest absolute Gasteiger partial charge is 0.507 e. The van der Waals surface area contributed by atoms with Crippen molar-refractivity contribution in [3.63, 3.8) is 0 Å². The van der Waals surface area contributed by atoms with Crippen LogP contribution in [0.4, 0.5) is 5.13 Å². The average molecular weight is 599 g/mol. The fourth-order valence-corrected chi connectivity index (χ4v) is 6.53. The van der Waals surface area contributed by atoms with Gasteiger partial charge >= 0.3 is 5.91 Å². The van der Waals surface area contributed by atoms with E-state index in [1.54, 1.807) is 12.1 Å². The molecule has 1 saturated heterocycles. The number of ketones is 1. The number of benzene rings is 3. The van der Waals surface area contributed by atoms with Crippen molar-refractivity contribution in [2.24, 2.45) is 5.92 Å². The molecule has 3 heterocycles. The second-order valence-electron chi connectivity index (χ2n) is 11.3. The number of thiazole rings is 1. The lowest BCUT2D eigenvalue weighted by Crippen LogP contribution is -2.29. The topological polar surface area (TPSA) is 98.2 Å². The fourth-order valence-electron chi connectivity index (χ4n) is 5.51. The number of hydrogen-bond donors (Lipinski definition) is 1. The molecule has 1 N–H and O–H groups in total. The Morgan fingerprint density at radius 3 is 2.70 bits per heavy atom. The number of Topliss-reactive ketones (excluding diaryl/α,β-unsaturated/α-hetero) is 1. The lowest BCUT2D eigenvalue weighted by atomic mass is 9.94. The van der Waals surface area contributed by atoms with E-state index in [9.17, 15) is 14.7 Å². The van der Waals surface area contributed by atoms with Gasteiger partial charge in [-0.3, -0.25) is 14.5 Å². The Bertz CT molecular complexity index is 1740. The van der Waals surface area contributed by atoms with Crippen molar-refractivity contribution in [1.82, 2.24) is 4.98 Å². The van der Waals surface area contributed by atoms with Gasteiger partial charge in [-0.1, -0.05) is 37.3 Å². The van der Waals surface area contributed by atoms with Crippen LogP contribution in [-0.2, 0) is 16.0 Å². The van der Waals surface area contributed by atoms with Crippen LogP contribution in [0, 0.1) is 5.92 Å². The summed E-state index contributed by atoms with van der Waals surface area (Å²) in [6.45, 7) is 9.22. The van der Waals surface area contributed by atoms with Crippen LogP contribution in [0.1, 0.15) is 56.8 Å². The molecule has 0 radical (unpaired) electrons. The number of carbonyl (C=O) groups excluding carboxylic acids is 2. The molecule has 2 atom stereocenters. The van der Waals surface area contributed by atoms with Gasteiger partial charge in [-0.15, -0.1) is 0 Å². The molecule has 0 aliphatic carbocycles. The van der Waals surface area contributed by atoms with Crippen LogP contribution >= 0.6 is 11.3 Å². The van der Waals surface area contributed by atoms with Crippen molar-refractivity contribution in [2.75, 3.05) is 18.1 Å². The molecule has 0 unspecified atom stereocenters. The van der Waals surface area contributed by atoms with Gasteiger partial charge in [0.2, 0.25) is 0 Å². The molecule has 0 saturated carbocycles. The summed E-state index contributed by atoms with van der Waals surface area (Å²) in [5.74, 6) is 0.807. The Morgan fingerprint density at radius 1 is 1.09 bits per heavy atom. The normalized spacial score (nSPS) is 19.2. The fraction of sp³-hybridized carbons (Fsp3) is 0.324. The van der Waals surface area contributed by atoms with Gasteiger partial charge < -0.3 is 19.3 Å². The summed E-state index contributed by atoms with van der Waals surface area (Å²) in [6, 6.07) is 17.3. The summed E-state index contributed by atoms with van der Waals surface area (Å²) in [4.78, 5) is 33.6. The lowest BCUT2D eigenvalue weighted by molar-refractivity contribution is -0.132. The van der Waals surface area contributed by atoms with E-state index in [-0.39, 0.29) is 17.4 Å². The summed E-state index contributed by atoms with van der Waals surface area (Å²) < 4.78 is 18.3. The van der Waals surface area contributed by atoms with Gasteiger partial charge in [-0.25, -0.2) is 4.98 Å². The molecule has 2 aliphatic rings. The van der Waals surface area contributed by atoms with Crippen LogP contribution in [0.15, 0.2) is 66.2 Å². The first-order valence-electron chi connectivity index (χ1n) is 14.6. The number of carbonyl (C=O) groups is 2. The van der Waals surface area contributed by atoms with Crippen molar-refractivity contribution < 1.29 is 28.9 Å². The first-order chi connectivity index (χ1) is 20.7. The third-order valence-electron chi connectivity index (χ3n) is 7.62. The summed E-state index contributed by atoms with van der Waals surface area (Å²) in [5.41, 5.74) is 2.72. The van der Waals surface area contributed by atoms with E-state index in [0.717, 1.165) is 22.4 Å². The maximum atomic E-state index is 13.8. The third-order valence-corrected chi connectivity index (χ3v) is 8.63. The smallest absolute Gasteiger partial charge is 0.301 e. The molecule has 4 aromatic rings. The Hall–Kier alpha value is -4.37. The number of aromatic nitrogens is 1.